The number of hydrogen-bond acceptors (Lipinski definition) is 4. The molecule has 0 fully saturated rings. The third-order valence-electron chi connectivity index (χ3n) is 3.32. The number of hydrogen-bond donors (Lipinski definition) is 2. The van der Waals surface area contributed by atoms with Gasteiger partial charge in [-0.3, -0.25) is 14.9 Å². The van der Waals surface area contributed by atoms with Crippen LogP contribution in [0.1, 0.15) is 25.8 Å². The number of aliphatic carboxylic acids is 1. The zero-order valence-corrected chi connectivity index (χ0v) is 11.3. The molecule has 0 radical (unpaired) electrons. The van der Waals surface area contributed by atoms with E-state index >= 15 is 0 Å². The van der Waals surface area contributed by atoms with Gasteiger partial charge in [0.15, 0.2) is 0 Å². The van der Waals surface area contributed by atoms with E-state index in [1.807, 2.05) is 0 Å². The summed E-state index contributed by atoms with van der Waals surface area (Å²) >= 11 is 0. The number of anilines is 1. The number of carboxylic acids is 1. The van der Waals surface area contributed by atoms with E-state index in [1.54, 1.807) is 32.9 Å². The lowest BCUT2D eigenvalue weighted by Gasteiger charge is -2.23. The molecule has 0 amide bonds. The predicted octanol–water partition coefficient (Wildman–Crippen LogP) is 2.82. The van der Waals surface area contributed by atoms with Crippen molar-refractivity contribution in [1.82, 2.24) is 0 Å². The Hall–Kier alpha value is -2.11. The van der Waals surface area contributed by atoms with Gasteiger partial charge in [0, 0.05) is 12.6 Å². The maximum Gasteiger partial charge on any atom is 0.311 e. The van der Waals surface area contributed by atoms with Crippen molar-refractivity contribution in [2.24, 2.45) is 5.41 Å². The Kier molecular flexibility index (Phi) is 4.47. The first-order valence-electron chi connectivity index (χ1n) is 6.02. The molecule has 2 N–H and O–H groups in total. The molecule has 0 aliphatic rings. The molecule has 1 aromatic carbocycles. The highest BCUT2D eigenvalue weighted by atomic mass is 16.6. The highest BCUT2D eigenvalue weighted by Crippen LogP contribution is 2.28. The second-order valence-corrected chi connectivity index (χ2v) is 4.85. The molecule has 0 spiro atoms. The summed E-state index contributed by atoms with van der Waals surface area (Å²) in [4.78, 5) is 21.7. The summed E-state index contributed by atoms with van der Waals surface area (Å²) in [7, 11) is 0. The lowest BCUT2D eigenvalue weighted by molar-refractivity contribution is -0.384. The van der Waals surface area contributed by atoms with Gasteiger partial charge in [-0.05, 0) is 31.9 Å². The van der Waals surface area contributed by atoms with E-state index in [0.29, 0.717) is 12.1 Å². The molecule has 0 aliphatic heterocycles. The van der Waals surface area contributed by atoms with Crippen molar-refractivity contribution in [1.29, 1.82) is 0 Å². The van der Waals surface area contributed by atoms with E-state index in [-0.39, 0.29) is 12.2 Å². The van der Waals surface area contributed by atoms with Crippen LogP contribution >= 0.6 is 0 Å². The monoisotopic (exact) mass is 266 g/mol. The number of benzene rings is 1. The SMILES string of the molecule is CCC(C)(CNc1ccc(C)cc1[N+](=O)[O-])C(=O)O. The maximum atomic E-state index is 11.2. The topological polar surface area (TPSA) is 92.5 Å². The van der Waals surface area contributed by atoms with Crippen LogP contribution in [0.25, 0.3) is 0 Å². The molecule has 0 aromatic heterocycles. The fraction of sp³-hybridized carbons (Fsp3) is 0.462. The zero-order chi connectivity index (χ0) is 14.6. The van der Waals surface area contributed by atoms with Gasteiger partial charge >= 0.3 is 5.97 Å². The molecule has 1 unspecified atom stereocenters. The van der Waals surface area contributed by atoms with Gasteiger partial charge < -0.3 is 10.4 Å². The molecule has 104 valence electrons. The van der Waals surface area contributed by atoms with Gasteiger partial charge in [0.1, 0.15) is 5.69 Å². The first-order valence-corrected chi connectivity index (χ1v) is 6.02. The molecule has 0 saturated heterocycles. The number of nitro benzene ring substituents is 1. The van der Waals surface area contributed by atoms with Crippen LogP contribution in [0.4, 0.5) is 11.4 Å². The van der Waals surface area contributed by atoms with Crippen LogP contribution in [0.5, 0.6) is 0 Å². The zero-order valence-electron chi connectivity index (χ0n) is 11.3. The van der Waals surface area contributed by atoms with Crippen molar-refractivity contribution in [2.75, 3.05) is 11.9 Å². The minimum Gasteiger partial charge on any atom is -0.481 e. The van der Waals surface area contributed by atoms with E-state index < -0.39 is 16.3 Å². The van der Waals surface area contributed by atoms with Crippen molar-refractivity contribution < 1.29 is 14.8 Å². The molecular formula is C13H18N2O4. The molecule has 0 heterocycles. The summed E-state index contributed by atoms with van der Waals surface area (Å²) in [6.07, 6.45) is 0.439. The van der Waals surface area contributed by atoms with Crippen LogP contribution in [0.2, 0.25) is 0 Å². The maximum absolute atomic E-state index is 11.2. The Labute approximate surface area is 111 Å². The van der Waals surface area contributed by atoms with E-state index in [9.17, 15) is 14.9 Å². The Bertz CT molecular complexity index is 501. The molecule has 19 heavy (non-hydrogen) atoms. The Morgan fingerprint density at radius 3 is 2.63 bits per heavy atom. The molecule has 0 saturated carbocycles. The van der Waals surface area contributed by atoms with Crippen molar-refractivity contribution in [3.63, 3.8) is 0 Å². The van der Waals surface area contributed by atoms with Gasteiger partial charge in [-0.15, -0.1) is 0 Å². The van der Waals surface area contributed by atoms with E-state index in [0.717, 1.165) is 5.56 Å². The second kappa shape index (κ2) is 5.69. The summed E-state index contributed by atoms with van der Waals surface area (Å²) < 4.78 is 0. The summed E-state index contributed by atoms with van der Waals surface area (Å²) in [5, 5.41) is 23.0. The number of rotatable bonds is 6. The number of nitrogens with one attached hydrogen (secondary N) is 1. The largest absolute Gasteiger partial charge is 0.481 e. The highest BCUT2D eigenvalue weighted by Gasteiger charge is 2.31. The molecule has 0 bridgehead atoms. The van der Waals surface area contributed by atoms with Crippen LogP contribution < -0.4 is 5.32 Å². The lowest BCUT2D eigenvalue weighted by atomic mass is 9.87. The number of nitro groups is 1. The molecule has 0 aliphatic carbocycles. The molecule has 6 heteroatoms. The molecule has 1 atom stereocenters. The van der Waals surface area contributed by atoms with Crippen molar-refractivity contribution in [2.45, 2.75) is 27.2 Å². The number of nitrogens with zero attached hydrogens (tertiary/aromatic N) is 1. The minimum atomic E-state index is -0.946. The highest BCUT2D eigenvalue weighted by molar-refractivity contribution is 5.75. The van der Waals surface area contributed by atoms with Crippen molar-refractivity contribution >= 4 is 17.3 Å². The summed E-state index contributed by atoms with van der Waals surface area (Å²) in [6, 6.07) is 4.82. The van der Waals surface area contributed by atoms with Crippen molar-refractivity contribution in [3.8, 4) is 0 Å². The Morgan fingerprint density at radius 1 is 1.53 bits per heavy atom. The standard InChI is InChI=1S/C13H18N2O4/c1-4-13(3,12(16)17)8-14-10-6-5-9(2)7-11(10)15(18)19/h5-7,14H,4,8H2,1-3H3,(H,16,17). The van der Waals surface area contributed by atoms with Gasteiger partial charge in [-0.2, -0.15) is 0 Å². The number of carboxylic acid groups (broad SMARTS) is 1. The van der Waals surface area contributed by atoms with Crippen LogP contribution in [0, 0.1) is 22.5 Å². The van der Waals surface area contributed by atoms with Crippen LogP contribution in [-0.4, -0.2) is 22.5 Å². The molecule has 6 nitrogen and oxygen atoms in total. The fourth-order valence-corrected chi connectivity index (χ4v) is 1.58. The first kappa shape index (κ1) is 14.9. The summed E-state index contributed by atoms with van der Waals surface area (Å²) in [6.45, 7) is 5.30. The Balaban J connectivity index is 2.95. The van der Waals surface area contributed by atoms with Gasteiger partial charge in [0.05, 0.1) is 10.3 Å². The first-order chi connectivity index (χ1) is 8.80. The average Bonchev–Trinajstić information content (AvgIpc) is 2.36. The summed E-state index contributed by atoms with van der Waals surface area (Å²) in [5.41, 5.74) is 0.146. The smallest absolute Gasteiger partial charge is 0.311 e. The summed E-state index contributed by atoms with van der Waals surface area (Å²) in [5.74, 6) is -0.919. The molecular weight excluding hydrogens is 248 g/mol. The normalized spacial score (nSPS) is 13.6. The van der Waals surface area contributed by atoms with Gasteiger partial charge in [0.2, 0.25) is 0 Å². The van der Waals surface area contributed by atoms with E-state index in [1.165, 1.54) is 6.07 Å². The average molecular weight is 266 g/mol. The van der Waals surface area contributed by atoms with Gasteiger partial charge in [0.25, 0.3) is 5.69 Å². The third kappa shape index (κ3) is 3.43. The van der Waals surface area contributed by atoms with E-state index in [2.05, 4.69) is 5.32 Å². The lowest BCUT2D eigenvalue weighted by Crippen LogP contribution is -2.34. The molecule has 1 aromatic rings. The minimum absolute atomic E-state index is 0.0381. The number of aryl methyl sites for hydroxylation is 1. The third-order valence-corrected chi connectivity index (χ3v) is 3.32. The van der Waals surface area contributed by atoms with Gasteiger partial charge in [-0.1, -0.05) is 13.0 Å². The predicted molar refractivity (Wildman–Crippen MR) is 72.4 cm³/mol. The fourth-order valence-electron chi connectivity index (χ4n) is 1.58. The number of carbonyl (C=O) groups is 1. The molecule has 1 rings (SSSR count). The van der Waals surface area contributed by atoms with Crippen molar-refractivity contribution in [3.05, 3.63) is 33.9 Å². The Morgan fingerprint density at radius 2 is 2.16 bits per heavy atom. The van der Waals surface area contributed by atoms with Crippen LogP contribution in [0.15, 0.2) is 18.2 Å². The quantitative estimate of drug-likeness (QED) is 0.610. The van der Waals surface area contributed by atoms with E-state index in [4.69, 9.17) is 5.11 Å². The van der Waals surface area contributed by atoms with Gasteiger partial charge in [-0.25, -0.2) is 0 Å². The van der Waals surface area contributed by atoms with Crippen LogP contribution in [0.3, 0.4) is 0 Å². The second-order valence-electron chi connectivity index (χ2n) is 4.85. The van der Waals surface area contributed by atoms with Crippen LogP contribution in [-0.2, 0) is 4.79 Å².